The second-order valence-electron chi connectivity index (χ2n) is 5.66. The Hall–Kier alpha value is -1.74. The molecular formula is C14H20F2N4O2S. The van der Waals surface area contributed by atoms with Gasteiger partial charge in [0.15, 0.2) is 5.96 Å². The minimum absolute atomic E-state index is 0.0300. The fraction of sp³-hybridized carbons (Fsp3) is 0.500. The van der Waals surface area contributed by atoms with Gasteiger partial charge in [-0.05, 0) is 30.9 Å². The fourth-order valence-corrected chi connectivity index (χ4v) is 3.53. The Morgan fingerprint density at radius 3 is 2.83 bits per heavy atom. The van der Waals surface area contributed by atoms with Gasteiger partial charge in [-0.15, -0.1) is 0 Å². The number of nitrogens with one attached hydrogen (secondary N) is 2. The third-order valence-corrected chi connectivity index (χ3v) is 4.44. The Morgan fingerprint density at radius 2 is 2.13 bits per heavy atom. The summed E-state index contributed by atoms with van der Waals surface area (Å²) in [7, 11) is -3.27. The molecule has 23 heavy (non-hydrogen) atoms. The van der Waals surface area contributed by atoms with Crippen LogP contribution in [0, 0.1) is 17.6 Å². The maximum Gasteiger partial charge on any atom is 0.208 e. The van der Waals surface area contributed by atoms with E-state index in [0.717, 1.165) is 43.7 Å². The van der Waals surface area contributed by atoms with Crippen molar-refractivity contribution in [3.8, 4) is 0 Å². The molecule has 9 heteroatoms. The number of hydrogen-bond donors (Lipinski definition) is 3. The molecule has 2 unspecified atom stereocenters. The molecule has 1 saturated carbocycles. The van der Waals surface area contributed by atoms with Crippen LogP contribution in [0.4, 0.5) is 14.5 Å². The van der Waals surface area contributed by atoms with E-state index in [0.29, 0.717) is 6.54 Å². The number of halogens is 2. The van der Waals surface area contributed by atoms with Gasteiger partial charge >= 0.3 is 0 Å². The average molecular weight is 346 g/mol. The molecule has 6 nitrogen and oxygen atoms in total. The van der Waals surface area contributed by atoms with Gasteiger partial charge in [0.2, 0.25) is 10.0 Å². The molecule has 0 saturated heterocycles. The molecule has 1 aromatic rings. The fourth-order valence-electron chi connectivity index (χ4n) is 2.67. The highest BCUT2D eigenvalue weighted by Crippen LogP contribution is 2.26. The monoisotopic (exact) mass is 346 g/mol. The minimum Gasteiger partial charge on any atom is -0.370 e. The van der Waals surface area contributed by atoms with E-state index in [-0.39, 0.29) is 23.6 Å². The number of sulfonamides is 1. The van der Waals surface area contributed by atoms with E-state index < -0.39 is 21.7 Å². The summed E-state index contributed by atoms with van der Waals surface area (Å²) in [4.78, 5) is 4.11. The predicted octanol–water partition coefficient (Wildman–Crippen LogP) is 1.41. The van der Waals surface area contributed by atoms with E-state index >= 15 is 0 Å². The van der Waals surface area contributed by atoms with Crippen LogP contribution in [-0.4, -0.2) is 33.2 Å². The lowest BCUT2D eigenvalue weighted by Crippen LogP contribution is -2.38. The molecular weight excluding hydrogens is 326 g/mol. The summed E-state index contributed by atoms with van der Waals surface area (Å²) in [6, 6.07) is 2.82. The van der Waals surface area contributed by atoms with Crippen LogP contribution in [0.15, 0.2) is 23.2 Å². The smallest absolute Gasteiger partial charge is 0.208 e. The second-order valence-corrected chi connectivity index (χ2v) is 7.44. The zero-order valence-electron chi connectivity index (χ0n) is 12.7. The number of nitrogens with two attached hydrogens (primary N) is 1. The number of anilines is 1. The maximum atomic E-state index is 13.5. The van der Waals surface area contributed by atoms with Gasteiger partial charge < -0.3 is 11.1 Å². The normalized spacial score (nSPS) is 22.3. The lowest BCUT2D eigenvalue weighted by Gasteiger charge is -2.18. The molecule has 2 atom stereocenters. The van der Waals surface area contributed by atoms with Crippen LogP contribution in [0.3, 0.4) is 0 Å². The van der Waals surface area contributed by atoms with E-state index in [9.17, 15) is 17.2 Å². The Balaban J connectivity index is 1.97. The summed E-state index contributed by atoms with van der Waals surface area (Å²) in [6.45, 7) is 0.308. The predicted molar refractivity (Wildman–Crippen MR) is 85.6 cm³/mol. The maximum absolute atomic E-state index is 13.5. The van der Waals surface area contributed by atoms with Gasteiger partial charge in [-0.2, -0.15) is 0 Å². The summed E-state index contributed by atoms with van der Waals surface area (Å²) in [6.07, 6.45) is 3.60. The number of benzene rings is 1. The first-order chi connectivity index (χ1) is 10.7. The average Bonchev–Trinajstić information content (AvgIpc) is 2.86. The first-order valence-corrected chi connectivity index (χ1v) is 9.13. The molecule has 4 N–H and O–H groups in total. The molecule has 0 aliphatic heterocycles. The zero-order valence-corrected chi connectivity index (χ0v) is 13.5. The molecule has 1 aliphatic rings. The van der Waals surface area contributed by atoms with Gasteiger partial charge in [0, 0.05) is 18.7 Å². The van der Waals surface area contributed by atoms with Crippen molar-refractivity contribution >= 4 is 21.7 Å². The van der Waals surface area contributed by atoms with Crippen molar-refractivity contribution in [2.24, 2.45) is 16.6 Å². The molecule has 1 aliphatic carbocycles. The van der Waals surface area contributed by atoms with Crippen LogP contribution in [-0.2, 0) is 10.0 Å². The van der Waals surface area contributed by atoms with Crippen LogP contribution < -0.4 is 15.8 Å². The molecule has 0 spiro atoms. The van der Waals surface area contributed by atoms with Gasteiger partial charge in [-0.25, -0.2) is 21.9 Å². The van der Waals surface area contributed by atoms with Crippen molar-refractivity contribution in [1.82, 2.24) is 4.72 Å². The summed E-state index contributed by atoms with van der Waals surface area (Å²) in [5.74, 6) is -1.24. The Morgan fingerprint density at radius 1 is 1.39 bits per heavy atom. The Labute approximate surface area is 134 Å². The number of hydrogen-bond acceptors (Lipinski definition) is 3. The van der Waals surface area contributed by atoms with Crippen molar-refractivity contribution in [3.63, 3.8) is 0 Å². The van der Waals surface area contributed by atoms with E-state index in [1.165, 1.54) is 0 Å². The highest BCUT2D eigenvalue weighted by Gasteiger charge is 2.29. The first-order valence-electron chi connectivity index (χ1n) is 7.24. The first kappa shape index (κ1) is 17.6. The third-order valence-electron chi connectivity index (χ3n) is 3.71. The van der Waals surface area contributed by atoms with Crippen LogP contribution >= 0.6 is 0 Å². The van der Waals surface area contributed by atoms with Gasteiger partial charge in [-0.1, -0.05) is 6.42 Å². The van der Waals surface area contributed by atoms with Crippen molar-refractivity contribution < 1.29 is 17.2 Å². The van der Waals surface area contributed by atoms with Crippen LogP contribution in [0.5, 0.6) is 0 Å². The summed E-state index contributed by atoms with van der Waals surface area (Å²) >= 11 is 0. The van der Waals surface area contributed by atoms with Crippen molar-refractivity contribution in [2.75, 3.05) is 18.1 Å². The molecule has 0 bridgehead atoms. The van der Waals surface area contributed by atoms with Crippen molar-refractivity contribution in [2.45, 2.75) is 25.3 Å². The topological polar surface area (TPSA) is 96.6 Å². The summed E-state index contributed by atoms with van der Waals surface area (Å²) < 4.78 is 51.8. The van der Waals surface area contributed by atoms with E-state index in [2.05, 4.69) is 15.0 Å². The van der Waals surface area contributed by atoms with E-state index in [1.807, 2.05) is 0 Å². The zero-order chi connectivity index (χ0) is 17.0. The third kappa shape index (κ3) is 5.43. The quantitative estimate of drug-likeness (QED) is 0.555. The van der Waals surface area contributed by atoms with Gasteiger partial charge in [0.25, 0.3) is 0 Å². The standard InChI is InChI=1S/C14H20F2N4O2S/c1-23(21,22)20-12-4-2-3-9(12)8-18-14(17)19-13-7-10(15)5-6-11(13)16/h5-7,9,12,20H,2-4,8H2,1H3,(H3,17,18,19). The lowest BCUT2D eigenvalue weighted by molar-refractivity contribution is 0.455. The molecule has 128 valence electrons. The van der Waals surface area contributed by atoms with Crippen LogP contribution in [0.25, 0.3) is 0 Å². The minimum atomic E-state index is -3.27. The van der Waals surface area contributed by atoms with Crippen LogP contribution in [0.2, 0.25) is 0 Å². The Kier molecular flexibility index (Phi) is 5.53. The highest BCUT2D eigenvalue weighted by atomic mass is 32.2. The largest absolute Gasteiger partial charge is 0.370 e. The highest BCUT2D eigenvalue weighted by molar-refractivity contribution is 7.88. The summed E-state index contributed by atoms with van der Waals surface area (Å²) in [5, 5.41) is 2.51. The molecule has 1 fully saturated rings. The number of aliphatic imine (C=N–C) groups is 1. The number of rotatable bonds is 5. The molecule has 1 aromatic carbocycles. The van der Waals surface area contributed by atoms with Crippen molar-refractivity contribution in [3.05, 3.63) is 29.8 Å². The van der Waals surface area contributed by atoms with E-state index in [1.54, 1.807) is 0 Å². The van der Waals surface area contributed by atoms with Gasteiger partial charge in [-0.3, -0.25) is 4.99 Å². The molecule has 0 aromatic heterocycles. The number of nitrogens with zero attached hydrogens (tertiary/aromatic N) is 1. The molecule has 0 amide bonds. The molecule has 2 rings (SSSR count). The van der Waals surface area contributed by atoms with Gasteiger partial charge in [0.05, 0.1) is 11.9 Å². The van der Waals surface area contributed by atoms with Crippen LogP contribution in [0.1, 0.15) is 19.3 Å². The Bertz CT molecular complexity index is 694. The van der Waals surface area contributed by atoms with Gasteiger partial charge in [0.1, 0.15) is 11.6 Å². The molecule has 0 radical (unpaired) electrons. The van der Waals surface area contributed by atoms with E-state index in [4.69, 9.17) is 5.73 Å². The van der Waals surface area contributed by atoms with Crippen molar-refractivity contribution in [1.29, 1.82) is 0 Å². The summed E-state index contributed by atoms with van der Waals surface area (Å²) in [5.41, 5.74) is 5.59. The second kappa shape index (κ2) is 7.22. The molecule has 0 heterocycles. The number of guanidine groups is 1. The lowest BCUT2D eigenvalue weighted by atomic mass is 10.1. The SMILES string of the molecule is CS(=O)(=O)NC1CCCC1CN=C(N)Nc1cc(F)ccc1F.